The molecule has 0 radical (unpaired) electrons. The van der Waals surface area contributed by atoms with E-state index in [0.717, 1.165) is 35.5 Å². The van der Waals surface area contributed by atoms with Crippen LogP contribution in [-0.4, -0.2) is 20.8 Å². The van der Waals surface area contributed by atoms with E-state index in [9.17, 15) is 0 Å². The Morgan fingerprint density at radius 2 is 2.21 bits per heavy atom. The molecule has 4 heteroatoms. The fraction of sp³-hybridized carbons (Fsp3) is 0.400. The van der Waals surface area contributed by atoms with Gasteiger partial charge in [0.1, 0.15) is 5.82 Å². The molecule has 2 heterocycles. The molecule has 0 aromatic carbocycles. The summed E-state index contributed by atoms with van der Waals surface area (Å²) in [6, 6.07) is 3.99. The molecule has 0 saturated carbocycles. The number of pyridine rings is 1. The minimum Gasteiger partial charge on any atom is -0.341 e. The summed E-state index contributed by atoms with van der Waals surface area (Å²) in [5.74, 6) is 1.64. The van der Waals surface area contributed by atoms with Gasteiger partial charge in [0.15, 0.2) is 5.65 Å². The fourth-order valence-corrected chi connectivity index (χ4v) is 1.52. The maximum Gasteiger partial charge on any atom is 0.177 e. The predicted molar refractivity (Wildman–Crippen MR) is 57.7 cm³/mol. The van der Waals surface area contributed by atoms with Gasteiger partial charge in [-0.25, -0.2) is 9.97 Å². The largest absolute Gasteiger partial charge is 0.341 e. The topological polar surface area (TPSA) is 41.6 Å². The monoisotopic (exact) mass is 209 g/mol. The Hall–Kier alpha value is -1.09. The number of aryl methyl sites for hydroxylation is 2. The van der Waals surface area contributed by atoms with Crippen LogP contribution in [0.1, 0.15) is 17.9 Å². The van der Waals surface area contributed by atoms with Crippen molar-refractivity contribution in [1.29, 1.82) is 0 Å². The third kappa shape index (κ3) is 1.87. The smallest absolute Gasteiger partial charge is 0.177 e. The Morgan fingerprint density at radius 3 is 3.00 bits per heavy atom. The number of alkyl halides is 1. The van der Waals surface area contributed by atoms with Crippen molar-refractivity contribution in [3.8, 4) is 0 Å². The molecule has 0 bridgehead atoms. The third-order valence-corrected chi connectivity index (χ3v) is 2.35. The Kier molecular flexibility index (Phi) is 2.68. The van der Waals surface area contributed by atoms with E-state index in [1.165, 1.54) is 0 Å². The van der Waals surface area contributed by atoms with E-state index in [1.807, 2.05) is 19.1 Å². The van der Waals surface area contributed by atoms with Crippen LogP contribution in [0.5, 0.6) is 0 Å². The van der Waals surface area contributed by atoms with Gasteiger partial charge in [-0.1, -0.05) is 0 Å². The Morgan fingerprint density at radius 1 is 1.36 bits per heavy atom. The summed E-state index contributed by atoms with van der Waals surface area (Å²) < 4.78 is 0. The zero-order valence-electron chi connectivity index (χ0n) is 8.05. The van der Waals surface area contributed by atoms with Crippen LogP contribution in [0.2, 0.25) is 0 Å². The molecular formula is C10H12ClN3. The first kappa shape index (κ1) is 9.46. The molecule has 0 spiro atoms. The number of nitrogens with one attached hydrogen (secondary N) is 1. The summed E-state index contributed by atoms with van der Waals surface area (Å²) >= 11 is 5.62. The number of hydrogen-bond donors (Lipinski definition) is 1. The fourth-order valence-electron chi connectivity index (χ4n) is 1.39. The quantitative estimate of drug-likeness (QED) is 0.789. The highest BCUT2D eigenvalue weighted by Crippen LogP contribution is 2.10. The number of imidazole rings is 1. The maximum atomic E-state index is 5.62. The van der Waals surface area contributed by atoms with Gasteiger partial charge >= 0.3 is 0 Å². The molecule has 74 valence electrons. The molecule has 3 nitrogen and oxygen atoms in total. The van der Waals surface area contributed by atoms with E-state index in [2.05, 4.69) is 15.0 Å². The van der Waals surface area contributed by atoms with Crippen molar-refractivity contribution in [2.45, 2.75) is 19.8 Å². The van der Waals surface area contributed by atoms with E-state index >= 15 is 0 Å². The summed E-state index contributed by atoms with van der Waals surface area (Å²) in [6.07, 6.45) is 1.83. The molecule has 0 aliphatic carbocycles. The van der Waals surface area contributed by atoms with Crippen molar-refractivity contribution < 1.29 is 0 Å². The van der Waals surface area contributed by atoms with E-state index in [4.69, 9.17) is 11.6 Å². The summed E-state index contributed by atoms with van der Waals surface area (Å²) in [7, 11) is 0. The lowest BCUT2D eigenvalue weighted by Gasteiger charge is -1.89. The third-order valence-electron chi connectivity index (χ3n) is 2.08. The number of hydrogen-bond acceptors (Lipinski definition) is 2. The van der Waals surface area contributed by atoms with Crippen LogP contribution < -0.4 is 0 Å². The molecule has 2 aromatic heterocycles. The first-order valence-electron chi connectivity index (χ1n) is 4.68. The molecule has 0 aliphatic rings. The van der Waals surface area contributed by atoms with Gasteiger partial charge in [0.25, 0.3) is 0 Å². The van der Waals surface area contributed by atoms with Crippen LogP contribution in [0.4, 0.5) is 0 Å². The molecule has 0 atom stereocenters. The molecule has 0 amide bonds. The van der Waals surface area contributed by atoms with Crippen molar-refractivity contribution in [2.24, 2.45) is 0 Å². The lowest BCUT2D eigenvalue weighted by molar-refractivity contribution is 0.865. The maximum absolute atomic E-state index is 5.62. The van der Waals surface area contributed by atoms with E-state index in [-0.39, 0.29) is 0 Å². The number of halogens is 1. The first-order valence-corrected chi connectivity index (χ1v) is 5.21. The van der Waals surface area contributed by atoms with Gasteiger partial charge in [0.05, 0.1) is 5.52 Å². The summed E-state index contributed by atoms with van der Waals surface area (Å²) in [4.78, 5) is 11.9. The molecule has 0 aliphatic heterocycles. The van der Waals surface area contributed by atoms with Gasteiger partial charge in [-0.2, -0.15) is 0 Å². The Labute approximate surface area is 87.5 Å². The number of nitrogens with zero attached hydrogens (tertiary/aromatic N) is 2. The van der Waals surface area contributed by atoms with E-state index in [0.29, 0.717) is 5.88 Å². The molecule has 0 unspecified atom stereocenters. The molecule has 0 saturated heterocycles. The van der Waals surface area contributed by atoms with Gasteiger partial charge in [-0.15, -0.1) is 11.6 Å². The Bertz CT molecular complexity index is 436. The van der Waals surface area contributed by atoms with Gasteiger partial charge in [-0.05, 0) is 25.5 Å². The van der Waals surface area contributed by atoms with Crippen LogP contribution in [0.15, 0.2) is 12.1 Å². The molecule has 14 heavy (non-hydrogen) atoms. The van der Waals surface area contributed by atoms with Crippen LogP contribution in [0.3, 0.4) is 0 Å². The molecular weight excluding hydrogens is 198 g/mol. The number of aromatic nitrogens is 3. The van der Waals surface area contributed by atoms with Crippen LogP contribution in [0.25, 0.3) is 11.2 Å². The van der Waals surface area contributed by atoms with Gasteiger partial charge < -0.3 is 4.98 Å². The second-order valence-corrected chi connectivity index (χ2v) is 3.68. The summed E-state index contributed by atoms with van der Waals surface area (Å²) in [5, 5.41) is 0. The molecule has 2 rings (SSSR count). The van der Waals surface area contributed by atoms with Crippen molar-refractivity contribution in [3.63, 3.8) is 0 Å². The van der Waals surface area contributed by atoms with Gasteiger partial charge in [0.2, 0.25) is 0 Å². The minimum atomic E-state index is 0.670. The van der Waals surface area contributed by atoms with Crippen molar-refractivity contribution in [3.05, 3.63) is 23.7 Å². The average Bonchev–Trinajstić information content (AvgIpc) is 2.56. The van der Waals surface area contributed by atoms with Crippen LogP contribution in [0, 0.1) is 6.92 Å². The number of aromatic amines is 1. The SMILES string of the molecule is Cc1ccc2[nH]c(CCCCl)nc2n1. The minimum absolute atomic E-state index is 0.670. The Balaban J connectivity index is 2.32. The van der Waals surface area contributed by atoms with Crippen molar-refractivity contribution >= 4 is 22.8 Å². The van der Waals surface area contributed by atoms with Crippen LogP contribution >= 0.6 is 11.6 Å². The number of H-pyrrole nitrogens is 1. The molecule has 1 N–H and O–H groups in total. The molecule has 0 fully saturated rings. The zero-order chi connectivity index (χ0) is 9.97. The predicted octanol–water partition coefficient (Wildman–Crippen LogP) is 2.44. The number of fused-ring (bicyclic) bond motifs is 1. The lowest BCUT2D eigenvalue weighted by atomic mass is 10.3. The zero-order valence-corrected chi connectivity index (χ0v) is 8.80. The highest BCUT2D eigenvalue weighted by molar-refractivity contribution is 6.17. The van der Waals surface area contributed by atoms with E-state index < -0.39 is 0 Å². The van der Waals surface area contributed by atoms with Gasteiger partial charge in [-0.3, -0.25) is 0 Å². The normalized spacial score (nSPS) is 11.0. The van der Waals surface area contributed by atoms with E-state index in [1.54, 1.807) is 0 Å². The standard InChI is InChI=1S/C10H12ClN3/c1-7-4-5-8-10(12-7)14-9(13-8)3-2-6-11/h4-5H,2-3,6H2,1H3,(H,12,13,14). The van der Waals surface area contributed by atoms with Crippen molar-refractivity contribution in [2.75, 3.05) is 5.88 Å². The average molecular weight is 210 g/mol. The number of rotatable bonds is 3. The summed E-state index contributed by atoms with van der Waals surface area (Å²) in [6.45, 7) is 1.96. The molecule has 2 aromatic rings. The van der Waals surface area contributed by atoms with Gasteiger partial charge in [0, 0.05) is 18.0 Å². The highest BCUT2D eigenvalue weighted by Gasteiger charge is 2.02. The van der Waals surface area contributed by atoms with Crippen molar-refractivity contribution in [1.82, 2.24) is 15.0 Å². The van der Waals surface area contributed by atoms with Crippen LogP contribution in [-0.2, 0) is 6.42 Å². The second-order valence-electron chi connectivity index (χ2n) is 3.30. The first-order chi connectivity index (χ1) is 6.79. The highest BCUT2D eigenvalue weighted by atomic mass is 35.5. The summed E-state index contributed by atoms with van der Waals surface area (Å²) in [5.41, 5.74) is 2.79. The lowest BCUT2D eigenvalue weighted by Crippen LogP contribution is -1.88. The second kappa shape index (κ2) is 3.96.